The number of anilines is 1. The zero-order valence-electron chi connectivity index (χ0n) is 20.4. The van der Waals surface area contributed by atoms with E-state index < -0.39 is 11.4 Å². The first-order chi connectivity index (χ1) is 17.9. The number of hydrogen-bond donors (Lipinski definition) is 1. The molecule has 0 saturated carbocycles. The lowest BCUT2D eigenvalue weighted by Gasteiger charge is -2.32. The normalized spacial score (nSPS) is 15.4. The summed E-state index contributed by atoms with van der Waals surface area (Å²) in [5.74, 6) is 2.38. The minimum Gasteiger partial charge on any atom is -0.508 e. The number of ether oxygens (including phenoxy) is 1. The Morgan fingerprint density at radius 3 is 2.62 bits per heavy atom. The van der Waals surface area contributed by atoms with Crippen molar-refractivity contribution in [1.29, 1.82) is 0 Å². The van der Waals surface area contributed by atoms with E-state index in [1.165, 1.54) is 30.7 Å². The standard InChI is InChI=1S/C28H25FN4O4/c1-3-19-21(29)7-6-17-14-18(34)15-20(22(17)19)25-16(2)24-23(27(35)37-25)26(33-10-5-11-33)31-28(30-24)36-13-12-32-8-4-9-32/h1,6-7,14-15,34H,4-5,8-13H2,2H3. The highest BCUT2D eigenvalue weighted by molar-refractivity contribution is 6.03. The van der Waals surface area contributed by atoms with Gasteiger partial charge in [0, 0.05) is 36.1 Å². The fraction of sp³-hybridized carbons (Fsp3) is 0.321. The molecular formula is C28H25FN4O4. The molecule has 9 heteroatoms. The number of aromatic hydroxyl groups is 1. The summed E-state index contributed by atoms with van der Waals surface area (Å²) in [4.78, 5) is 26.9. The van der Waals surface area contributed by atoms with Gasteiger partial charge < -0.3 is 19.2 Å². The van der Waals surface area contributed by atoms with Gasteiger partial charge in [-0.25, -0.2) is 9.18 Å². The number of phenolic OH excluding ortho intramolecular Hbond substituents is 1. The number of benzene rings is 2. The molecule has 2 aromatic heterocycles. The van der Waals surface area contributed by atoms with Crippen LogP contribution < -0.4 is 15.3 Å². The number of rotatable bonds is 6. The van der Waals surface area contributed by atoms with E-state index in [1.54, 1.807) is 6.92 Å². The van der Waals surface area contributed by atoms with Crippen LogP contribution in [0, 0.1) is 25.1 Å². The van der Waals surface area contributed by atoms with Crippen molar-refractivity contribution in [2.75, 3.05) is 44.2 Å². The van der Waals surface area contributed by atoms with Crippen LogP contribution in [-0.4, -0.2) is 59.3 Å². The van der Waals surface area contributed by atoms with Crippen molar-refractivity contribution in [3.8, 4) is 35.4 Å². The number of fused-ring (bicyclic) bond motifs is 2. The van der Waals surface area contributed by atoms with Crippen LogP contribution in [0.5, 0.6) is 11.8 Å². The molecule has 0 radical (unpaired) electrons. The maximum absolute atomic E-state index is 14.7. The van der Waals surface area contributed by atoms with Gasteiger partial charge >= 0.3 is 11.6 Å². The molecule has 2 aliphatic heterocycles. The van der Waals surface area contributed by atoms with E-state index in [2.05, 4.69) is 20.8 Å². The van der Waals surface area contributed by atoms with Gasteiger partial charge in [0.25, 0.3) is 0 Å². The quantitative estimate of drug-likeness (QED) is 0.400. The summed E-state index contributed by atoms with van der Waals surface area (Å²) in [7, 11) is 0. The van der Waals surface area contributed by atoms with Gasteiger partial charge in [-0.15, -0.1) is 6.42 Å². The molecule has 2 aromatic carbocycles. The van der Waals surface area contributed by atoms with Gasteiger partial charge in [0.2, 0.25) is 0 Å². The second-order valence-electron chi connectivity index (χ2n) is 9.44. The first-order valence-electron chi connectivity index (χ1n) is 12.3. The van der Waals surface area contributed by atoms with Crippen LogP contribution in [0.2, 0.25) is 0 Å². The van der Waals surface area contributed by atoms with Crippen LogP contribution in [0.25, 0.3) is 33.0 Å². The number of halogens is 1. The highest BCUT2D eigenvalue weighted by atomic mass is 19.1. The van der Waals surface area contributed by atoms with Gasteiger partial charge in [0.05, 0.1) is 11.1 Å². The molecule has 0 amide bonds. The number of terminal acetylenes is 1. The number of hydrogen-bond acceptors (Lipinski definition) is 8. The van der Waals surface area contributed by atoms with E-state index in [4.69, 9.17) is 15.6 Å². The topological polar surface area (TPSA) is 91.9 Å². The Balaban J connectivity index is 1.56. The van der Waals surface area contributed by atoms with E-state index in [-0.39, 0.29) is 28.5 Å². The third kappa shape index (κ3) is 3.94. The average Bonchev–Trinajstić information content (AvgIpc) is 2.81. The van der Waals surface area contributed by atoms with Crippen LogP contribution in [0.3, 0.4) is 0 Å². The van der Waals surface area contributed by atoms with Crippen LogP contribution in [-0.2, 0) is 0 Å². The lowest BCUT2D eigenvalue weighted by atomic mass is 9.95. The molecule has 188 valence electrons. The molecule has 6 rings (SSSR count). The fourth-order valence-electron chi connectivity index (χ4n) is 4.91. The average molecular weight is 501 g/mol. The second-order valence-corrected chi connectivity index (χ2v) is 9.44. The predicted molar refractivity (Wildman–Crippen MR) is 139 cm³/mol. The van der Waals surface area contributed by atoms with Gasteiger partial charge in [-0.3, -0.25) is 4.90 Å². The highest BCUT2D eigenvalue weighted by Crippen LogP contribution is 2.39. The molecule has 8 nitrogen and oxygen atoms in total. The maximum atomic E-state index is 14.7. The Hall–Kier alpha value is -4.16. The Morgan fingerprint density at radius 2 is 1.95 bits per heavy atom. The summed E-state index contributed by atoms with van der Waals surface area (Å²) in [6, 6.07) is 5.87. The monoisotopic (exact) mass is 500 g/mol. The number of aryl methyl sites for hydroxylation is 1. The van der Waals surface area contributed by atoms with E-state index in [0.717, 1.165) is 39.1 Å². The van der Waals surface area contributed by atoms with E-state index in [9.17, 15) is 14.3 Å². The summed E-state index contributed by atoms with van der Waals surface area (Å²) >= 11 is 0. The highest BCUT2D eigenvalue weighted by Gasteiger charge is 2.27. The smallest absolute Gasteiger partial charge is 0.349 e. The molecule has 4 heterocycles. The summed E-state index contributed by atoms with van der Waals surface area (Å²) in [5, 5.41) is 11.6. The number of phenols is 1. The Morgan fingerprint density at radius 1 is 1.16 bits per heavy atom. The zero-order valence-corrected chi connectivity index (χ0v) is 20.4. The molecule has 37 heavy (non-hydrogen) atoms. The van der Waals surface area contributed by atoms with E-state index >= 15 is 0 Å². The van der Waals surface area contributed by atoms with Crippen molar-refractivity contribution in [3.05, 3.63) is 51.6 Å². The van der Waals surface area contributed by atoms with Crippen LogP contribution in [0.4, 0.5) is 10.2 Å². The van der Waals surface area contributed by atoms with Gasteiger partial charge in [-0.1, -0.05) is 12.0 Å². The third-order valence-electron chi connectivity index (χ3n) is 7.15. The summed E-state index contributed by atoms with van der Waals surface area (Å²) in [5.41, 5.74) is 0.625. The van der Waals surface area contributed by atoms with Crippen LogP contribution in [0.15, 0.2) is 33.5 Å². The van der Waals surface area contributed by atoms with Crippen LogP contribution >= 0.6 is 0 Å². The number of aromatic nitrogens is 2. The predicted octanol–water partition coefficient (Wildman–Crippen LogP) is 3.83. The number of likely N-dealkylation sites (tertiary alicyclic amines) is 1. The molecule has 2 aliphatic rings. The molecule has 1 N–H and O–H groups in total. The molecule has 2 saturated heterocycles. The Kier molecular flexibility index (Phi) is 5.69. The van der Waals surface area contributed by atoms with Crippen molar-refractivity contribution >= 4 is 27.5 Å². The molecule has 0 spiro atoms. The van der Waals surface area contributed by atoms with Crippen molar-refractivity contribution < 1.29 is 18.7 Å². The molecule has 2 fully saturated rings. The van der Waals surface area contributed by atoms with E-state index in [0.29, 0.717) is 39.8 Å². The molecule has 4 aromatic rings. The molecule has 0 atom stereocenters. The summed E-state index contributed by atoms with van der Waals surface area (Å²) < 4.78 is 26.4. The van der Waals surface area contributed by atoms with Crippen molar-refractivity contribution in [2.45, 2.75) is 19.8 Å². The van der Waals surface area contributed by atoms with Crippen molar-refractivity contribution in [1.82, 2.24) is 14.9 Å². The van der Waals surface area contributed by atoms with Gasteiger partial charge in [-0.2, -0.15) is 9.97 Å². The van der Waals surface area contributed by atoms with Gasteiger partial charge in [0.15, 0.2) is 5.82 Å². The lowest BCUT2D eigenvalue weighted by Crippen LogP contribution is -2.40. The van der Waals surface area contributed by atoms with Crippen molar-refractivity contribution in [3.63, 3.8) is 0 Å². The first kappa shape index (κ1) is 23.3. The minimum absolute atomic E-state index is 0.0219. The van der Waals surface area contributed by atoms with Gasteiger partial charge in [0.1, 0.15) is 29.3 Å². The SMILES string of the molecule is C#Cc1c(F)ccc2cc(O)cc(-c3oc(=O)c4c(N5CCC5)nc(OCCN5CCC5)nc4c3C)c12. The number of nitrogens with zero attached hydrogens (tertiary/aromatic N) is 4. The van der Waals surface area contributed by atoms with E-state index in [1.807, 2.05) is 4.90 Å². The molecule has 0 unspecified atom stereocenters. The lowest BCUT2D eigenvalue weighted by molar-refractivity contribution is 0.143. The molecular weight excluding hydrogens is 475 g/mol. The first-order valence-corrected chi connectivity index (χ1v) is 12.3. The summed E-state index contributed by atoms with van der Waals surface area (Å²) in [6.45, 7) is 6.62. The van der Waals surface area contributed by atoms with Crippen LogP contribution in [0.1, 0.15) is 24.0 Å². The third-order valence-corrected chi connectivity index (χ3v) is 7.15. The Bertz CT molecular complexity index is 1650. The van der Waals surface area contributed by atoms with Crippen molar-refractivity contribution in [2.24, 2.45) is 0 Å². The fourth-order valence-corrected chi connectivity index (χ4v) is 4.91. The van der Waals surface area contributed by atoms with Gasteiger partial charge in [-0.05, 0) is 56.4 Å². The summed E-state index contributed by atoms with van der Waals surface area (Å²) in [6.07, 6.45) is 7.83. The second kappa shape index (κ2) is 9.05. The molecule has 0 aliphatic carbocycles. The Labute approximate surface area is 212 Å². The zero-order chi connectivity index (χ0) is 25.7. The maximum Gasteiger partial charge on any atom is 0.349 e. The molecule has 0 bridgehead atoms. The largest absolute Gasteiger partial charge is 0.508 e. The minimum atomic E-state index is -0.625.